The number of ether oxygens (including phenoxy) is 1. The number of fused-ring (bicyclic) bond motifs is 2. The van der Waals surface area contributed by atoms with E-state index >= 15 is 0 Å². The molecule has 2 bridgehead atoms. The molecule has 0 atom stereocenters. The highest BCUT2D eigenvalue weighted by Crippen LogP contribution is 2.56. The number of carbonyl (C=O) groups excluding carboxylic acids is 1. The highest BCUT2D eigenvalue weighted by molar-refractivity contribution is 7.99. The summed E-state index contributed by atoms with van der Waals surface area (Å²) in [5.41, 5.74) is 3.89. The summed E-state index contributed by atoms with van der Waals surface area (Å²) in [4.78, 5) is 12.5. The molecule has 1 saturated carbocycles. The molecular weight excluding hydrogens is 280 g/mol. The van der Waals surface area contributed by atoms with Gasteiger partial charge in [-0.05, 0) is 59.8 Å². The number of hydrogen-bond acceptors (Lipinski definition) is 3. The number of hydrogen-bond donors (Lipinski definition) is 0. The van der Waals surface area contributed by atoms with Gasteiger partial charge in [-0.2, -0.15) is 0 Å². The molecule has 1 aromatic carbocycles. The van der Waals surface area contributed by atoms with E-state index in [1.807, 2.05) is 0 Å². The summed E-state index contributed by atoms with van der Waals surface area (Å²) < 4.78 is 4.70. The third-order valence-corrected chi connectivity index (χ3v) is 6.55. The van der Waals surface area contributed by atoms with Crippen molar-refractivity contribution in [2.24, 2.45) is 0 Å². The maximum absolute atomic E-state index is 11.2. The highest BCUT2D eigenvalue weighted by Gasteiger charge is 2.47. The molecule has 0 spiro atoms. The highest BCUT2D eigenvalue weighted by atomic mass is 32.2. The summed E-state index contributed by atoms with van der Waals surface area (Å²) in [6.45, 7) is 4.85. The number of thioether (sulfide) groups is 1. The van der Waals surface area contributed by atoms with Crippen molar-refractivity contribution in [2.75, 3.05) is 12.9 Å². The van der Waals surface area contributed by atoms with Gasteiger partial charge in [0.1, 0.15) is 0 Å². The predicted octanol–water partition coefficient (Wildman–Crippen LogP) is 4.44. The second kappa shape index (κ2) is 5.35. The summed E-state index contributed by atoms with van der Waals surface area (Å²) in [5.74, 6) is 0.665. The van der Waals surface area contributed by atoms with E-state index in [2.05, 4.69) is 32.0 Å². The van der Waals surface area contributed by atoms with E-state index in [0.717, 1.165) is 5.75 Å². The van der Waals surface area contributed by atoms with Crippen LogP contribution in [-0.2, 0) is 20.4 Å². The zero-order valence-electron chi connectivity index (χ0n) is 13.2. The molecule has 2 nitrogen and oxygen atoms in total. The molecule has 114 valence electrons. The van der Waals surface area contributed by atoms with E-state index in [1.165, 1.54) is 37.7 Å². The maximum atomic E-state index is 11.2. The third-order valence-electron chi connectivity index (χ3n) is 5.55. The van der Waals surface area contributed by atoms with Crippen molar-refractivity contribution >= 4 is 17.7 Å². The van der Waals surface area contributed by atoms with Crippen LogP contribution in [0.1, 0.15) is 57.1 Å². The van der Waals surface area contributed by atoms with Crippen LogP contribution in [0.5, 0.6) is 0 Å². The first-order chi connectivity index (χ1) is 9.97. The molecule has 21 heavy (non-hydrogen) atoms. The minimum atomic E-state index is -0.126. The molecule has 3 aliphatic rings. The first kappa shape index (κ1) is 15.0. The summed E-state index contributed by atoms with van der Waals surface area (Å²) in [5, 5.41) is 0. The molecule has 1 fully saturated rings. The van der Waals surface area contributed by atoms with Crippen molar-refractivity contribution in [3.05, 3.63) is 29.3 Å². The van der Waals surface area contributed by atoms with Crippen molar-refractivity contribution in [3.8, 4) is 0 Å². The van der Waals surface area contributed by atoms with Crippen LogP contribution < -0.4 is 0 Å². The smallest absolute Gasteiger partial charge is 0.306 e. The monoisotopic (exact) mass is 304 g/mol. The number of rotatable bonds is 4. The van der Waals surface area contributed by atoms with E-state index in [-0.39, 0.29) is 5.97 Å². The Kier molecular flexibility index (Phi) is 3.81. The second-order valence-electron chi connectivity index (χ2n) is 7.00. The topological polar surface area (TPSA) is 26.3 Å². The summed E-state index contributed by atoms with van der Waals surface area (Å²) >= 11 is 1.76. The molecule has 0 saturated heterocycles. The van der Waals surface area contributed by atoms with Gasteiger partial charge in [-0.15, -0.1) is 11.8 Å². The average molecular weight is 304 g/mol. The first-order valence-corrected chi connectivity index (χ1v) is 8.80. The van der Waals surface area contributed by atoms with Crippen LogP contribution in [0.4, 0.5) is 0 Å². The molecule has 3 aliphatic carbocycles. The average Bonchev–Trinajstić information content (AvgIpc) is 2.49. The quantitative estimate of drug-likeness (QED) is 0.607. The summed E-state index contributed by atoms with van der Waals surface area (Å²) in [6, 6.07) is 6.95. The van der Waals surface area contributed by atoms with Gasteiger partial charge in [0.05, 0.1) is 13.5 Å². The Morgan fingerprint density at radius 3 is 2.38 bits per heavy atom. The van der Waals surface area contributed by atoms with Gasteiger partial charge in [0.25, 0.3) is 0 Å². The van der Waals surface area contributed by atoms with E-state index in [0.29, 0.717) is 17.3 Å². The molecule has 0 aliphatic heterocycles. The van der Waals surface area contributed by atoms with E-state index in [1.54, 1.807) is 22.9 Å². The van der Waals surface area contributed by atoms with E-state index in [9.17, 15) is 4.79 Å². The fraction of sp³-hybridized carbons (Fsp3) is 0.611. The molecule has 0 N–H and O–H groups in total. The van der Waals surface area contributed by atoms with Gasteiger partial charge in [0.15, 0.2) is 0 Å². The zero-order chi connectivity index (χ0) is 15.1. The Morgan fingerprint density at radius 1 is 1.14 bits per heavy atom. The molecule has 0 amide bonds. The van der Waals surface area contributed by atoms with Gasteiger partial charge >= 0.3 is 5.97 Å². The van der Waals surface area contributed by atoms with Crippen LogP contribution >= 0.6 is 11.8 Å². The van der Waals surface area contributed by atoms with E-state index in [4.69, 9.17) is 4.74 Å². The number of benzene rings is 1. The summed E-state index contributed by atoms with van der Waals surface area (Å²) in [7, 11) is 1.45. The number of methoxy groups -OCH3 is 1. The molecule has 0 unspecified atom stereocenters. The largest absolute Gasteiger partial charge is 0.469 e. The van der Waals surface area contributed by atoms with E-state index < -0.39 is 0 Å². The van der Waals surface area contributed by atoms with Gasteiger partial charge in [-0.1, -0.05) is 19.9 Å². The van der Waals surface area contributed by atoms with Crippen LogP contribution in [0.2, 0.25) is 0 Å². The summed E-state index contributed by atoms with van der Waals surface area (Å²) in [6.07, 6.45) is 5.75. The minimum absolute atomic E-state index is 0.126. The number of carbonyl (C=O) groups is 1. The molecular formula is C18H24O2S. The Labute approximate surface area is 131 Å². The van der Waals surface area contributed by atoms with Crippen molar-refractivity contribution in [3.63, 3.8) is 0 Å². The molecule has 4 rings (SSSR count). The first-order valence-electron chi connectivity index (χ1n) is 7.82. The molecule has 0 aromatic heterocycles. The lowest BCUT2D eigenvalue weighted by atomic mass is 9.53. The predicted molar refractivity (Wildman–Crippen MR) is 87.0 cm³/mol. The fourth-order valence-corrected chi connectivity index (χ4v) is 4.76. The third kappa shape index (κ3) is 2.61. The lowest BCUT2D eigenvalue weighted by molar-refractivity contribution is -0.140. The number of esters is 1. The van der Waals surface area contributed by atoms with Gasteiger partial charge in [0.2, 0.25) is 0 Å². The Bertz CT molecular complexity index is 556. The van der Waals surface area contributed by atoms with Crippen molar-refractivity contribution < 1.29 is 9.53 Å². The Balaban J connectivity index is 1.80. The Hall–Kier alpha value is -0.960. The normalized spacial score (nSPS) is 30.0. The van der Waals surface area contributed by atoms with Crippen molar-refractivity contribution in [1.29, 1.82) is 0 Å². The molecule has 1 aromatic rings. The maximum Gasteiger partial charge on any atom is 0.306 e. The van der Waals surface area contributed by atoms with Crippen LogP contribution in [0.15, 0.2) is 23.1 Å². The standard InChI is InChI=1S/C18H24O2S/c1-17-7-9-18(2,10-8-17)15-12-13(4-5-14(15)17)21-11-6-16(19)20-3/h4-5,12H,6-11H2,1-3H3. The second-order valence-corrected chi connectivity index (χ2v) is 8.17. The Morgan fingerprint density at radius 2 is 1.76 bits per heavy atom. The van der Waals surface area contributed by atoms with Crippen LogP contribution in [0, 0.1) is 0 Å². The fourth-order valence-electron chi connectivity index (χ4n) is 3.89. The van der Waals surface area contributed by atoms with Crippen LogP contribution in [-0.4, -0.2) is 18.8 Å². The lowest BCUT2D eigenvalue weighted by Gasteiger charge is -2.52. The zero-order valence-corrected chi connectivity index (χ0v) is 14.0. The SMILES string of the molecule is COC(=O)CCSc1ccc2c(c1)C1(C)CCC2(C)CC1. The minimum Gasteiger partial charge on any atom is -0.469 e. The van der Waals surface area contributed by atoms with Crippen molar-refractivity contribution in [1.82, 2.24) is 0 Å². The van der Waals surface area contributed by atoms with Gasteiger partial charge in [-0.25, -0.2) is 0 Å². The van der Waals surface area contributed by atoms with Gasteiger partial charge < -0.3 is 4.74 Å². The lowest BCUT2D eigenvalue weighted by Crippen LogP contribution is -2.44. The van der Waals surface area contributed by atoms with Gasteiger partial charge in [0, 0.05) is 10.6 Å². The molecule has 3 heteroatoms. The van der Waals surface area contributed by atoms with Crippen LogP contribution in [0.3, 0.4) is 0 Å². The molecule has 0 heterocycles. The van der Waals surface area contributed by atoms with Crippen molar-refractivity contribution in [2.45, 2.75) is 61.7 Å². The molecule has 0 radical (unpaired) electrons. The van der Waals surface area contributed by atoms with Gasteiger partial charge in [-0.3, -0.25) is 4.79 Å². The van der Waals surface area contributed by atoms with Crippen LogP contribution in [0.25, 0.3) is 0 Å².